The van der Waals surface area contributed by atoms with Gasteiger partial charge >= 0.3 is 0 Å². The molecule has 0 saturated heterocycles. The summed E-state index contributed by atoms with van der Waals surface area (Å²) in [5.41, 5.74) is 3.44. The third-order valence-corrected chi connectivity index (χ3v) is 3.60. The van der Waals surface area contributed by atoms with Gasteiger partial charge in [-0.15, -0.1) is 0 Å². The molecule has 0 aromatic carbocycles. The second-order valence-corrected chi connectivity index (χ2v) is 5.16. The smallest absolute Gasteiger partial charge is 0.248 e. The largest absolute Gasteiger partial charge is 0.337 e. The highest BCUT2D eigenvalue weighted by Crippen LogP contribution is 2.38. The zero-order valence-electron chi connectivity index (χ0n) is 11.6. The fraction of sp³-hybridized carbons (Fsp3) is 0.615. The third kappa shape index (κ3) is 2.40. The van der Waals surface area contributed by atoms with Crippen LogP contribution in [0, 0.1) is 13.8 Å². The van der Waals surface area contributed by atoms with Gasteiger partial charge in [0.2, 0.25) is 5.89 Å². The summed E-state index contributed by atoms with van der Waals surface area (Å²) in [6.07, 6.45) is 2.37. The van der Waals surface area contributed by atoms with Crippen LogP contribution >= 0.6 is 0 Å². The molecule has 1 N–H and O–H groups in total. The average molecular weight is 261 g/mol. The van der Waals surface area contributed by atoms with Gasteiger partial charge in [-0.05, 0) is 33.7 Å². The molecular weight excluding hydrogens is 242 g/mol. The third-order valence-electron chi connectivity index (χ3n) is 3.60. The molecule has 0 spiro atoms. The van der Waals surface area contributed by atoms with Gasteiger partial charge in [-0.1, -0.05) is 5.16 Å². The van der Waals surface area contributed by atoms with Crippen LogP contribution in [0.25, 0.3) is 0 Å². The number of hydrogen-bond acceptors (Lipinski definition) is 5. The van der Waals surface area contributed by atoms with E-state index in [9.17, 15) is 0 Å². The molecule has 2 aromatic heterocycles. The molecule has 3 rings (SSSR count). The molecule has 1 aliphatic carbocycles. The van der Waals surface area contributed by atoms with Crippen molar-refractivity contribution in [1.82, 2.24) is 25.2 Å². The molecular formula is C13H19N5O. The molecule has 1 fully saturated rings. The highest BCUT2D eigenvalue weighted by atomic mass is 16.5. The van der Waals surface area contributed by atoms with Crippen LogP contribution in [0.1, 0.15) is 47.4 Å². The van der Waals surface area contributed by atoms with Crippen LogP contribution < -0.4 is 5.32 Å². The van der Waals surface area contributed by atoms with Crippen molar-refractivity contribution in [3.05, 3.63) is 28.7 Å². The average Bonchev–Trinajstić information content (AvgIpc) is 3.09. The van der Waals surface area contributed by atoms with Crippen LogP contribution in [-0.2, 0) is 13.1 Å². The lowest BCUT2D eigenvalue weighted by Crippen LogP contribution is -2.08. The summed E-state index contributed by atoms with van der Waals surface area (Å²) < 4.78 is 7.23. The van der Waals surface area contributed by atoms with E-state index < -0.39 is 0 Å². The van der Waals surface area contributed by atoms with Crippen LogP contribution in [0.15, 0.2) is 4.52 Å². The second-order valence-electron chi connectivity index (χ2n) is 5.16. The topological polar surface area (TPSA) is 68.8 Å². The Bertz CT molecular complexity index is 582. The molecule has 0 aliphatic heterocycles. The lowest BCUT2D eigenvalue weighted by molar-refractivity contribution is 0.360. The molecule has 2 heterocycles. The monoisotopic (exact) mass is 261 g/mol. The summed E-state index contributed by atoms with van der Waals surface area (Å²) in [6, 6.07) is 0. The number of nitrogens with zero attached hydrogens (tertiary/aromatic N) is 4. The predicted octanol–water partition coefficient (Wildman–Crippen LogP) is 1.53. The first kappa shape index (κ1) is 12.3. The second kappa shape index (κ2) is 4.77. The molecule has 6 nitrogen and oxygen atoms in total. The quantitative estimate of drug-likeness (QED) is 0.884. The zero-order chi connectivity index (χ0) is 13.4. The minimum atomic E-state index is 0.526. The molecule has 0 radical (unpaired) electrons. The van der Waals surface area contributed by atoms with E-state index in [-0.39, 0.29) is 0 Å². The predicted molar refractivity (Wildman–Crippen MR) is 69.8 cm³/mol. The maximum atomic E-state index is 5.30. The SMILES string of the molecule is CNCc1c(C)nn(Cc2nc(C3CC3)no2)c1C. The summed E-state index contributed by atoms with van der Waals surface area (Å²) in [7, 11) is 1.94. The van der Waals surface area contributed by atoms with E-state index in [0.29, 0.717) is 18.4 Å². The highest BCUT2D eigenvalue weighted by Gasteiger charge is 2.28. The number of aromatic nitrogens is 4. The number of nitrogens with one attached hydrogen (secondary N) is 1. The van der Waals surface area contributed by atoms with Crippen molar-refractivity contribution in [2.75, 3.05) is 7.05 Å². The zero-order valence-corrected chi connectivity index (χ0v) is 11.6. The molecule has 0 atom stereocenters. The minimum Gasteiger partial charge on any atom is -0.337 e. The number of rotatable bonds is 5. The van der Waals surface area contributed by atoms with E-state index >= 15 is 0 Å². The molecule has 1 aliphatic rings. The van der Waals surface area contributed by atoms with Crippen LogP contribution in [0.3, 0.4) is 0 Å². The lowest BCUT2D eigenvalue weighted by Gasteiger charge is -2.02. The van der Waals surface area contributed by atoms with Crippen molar-refractivity contribution in [1.29, 1.82) is 0 Å². The van der Waals surface area contributed by atoms with Gasteiger partial charge in [0.15, 0.2) is 5.82 Å². The number of hydrogen-bond donors (Lipinski definition) is 1. The van der Waals surface area contributed by atoms with Gasteiger partial charge in [-0.2, -0.15) is 10.1 Å². The summed E-state index contributed by atoms with van der Waals surface area (Å²) >= 11 is 0. The number of aryl methyl sites for hydroxylation is 1. The first-order chi connectivity index (χ1) is 9.19. The van der Waals surface area contributed by atoms with Gasteiger partial charge in [0.25, 0.3) is 0 Å². The van der Waals surface area contributed by atoms with Crippen LogP contribution in [0.5, 0.6) is 0 Å². The Morgan fingerprint density at radius 2 is 2.16 bits per heavy atom. The van der Waals surface area contributed by atoms with Gasteiger partial charge in [0, 0.05) is 23.7 Å². The van der Waals surface area contributed by atoms with Crippen molar-refractivity contribution < 1.29 is 4.52 Å². The minimum absolute atomic E-state index is 0.526. The lowest BCUT2D eigenvalue weighted by atomic mass is 10.2. The van der Waals surface area contributed by atoms with E-state index in [1.54, 1.807) is 0 Å². The highest BCUT2D eigenvalue weighted by molar-refractivity contribution is 5.24. The molecule has 0 unspecified atom stereocenters. The maximum absolute atomic E-state index is 5.30. The van der Waals surface area contributed by atoms with Gasteiger partial charge in [-0.25, -0.2) is 0 Å². The standard InChI is InChI=1S/C13H19N5O/c1-8-11(6-14-3)9(2)18(16-8)7-12-15-13(17-19-12)10-4-5-10/h10,14H,4-7H2,1-3H3. The molecule has 6 heteroatoms. The van der Waals surface area contributed by atoms with E-state index in [0.717, 1.165) is 23.8 Å². The Balaban J connectivity index is 1.79. The fourth-order valence-corrected chi connectivity index (χ4v) is 2.29. The fourth-order valence-electron chi connectivity index (χ4n) is 2.29. The first-order valence-electron chi connectivity index (χ1n) is 6.69. The molecule has 1 saturated carbocycles. The Kier molecular flexibility index (Phi) is 3.10. The Labute approximate surface area is 112 Å². The van der Waals surface area contributed by atoms with Crippen LogP contribution in [0.2, 0.25) is 0 Å². The Hall–Kier alpha value is -1.69. The summed E-state index contributed by atoms with van der Waals surface area (Å²) in [5.74, 6) is 2.02. The van der Waals surface area contributed by atoms with Crippen molar-refractivity contribution in [2.45, 2.75) is 45.7 Å². The molecule has 19 heavy (non-hydrogen) atoms. The van der Waals surface area contributed by atoms with Crippen LogP contribution in [-0.4, -0.2) is 27.0 Å². The molecule has 102 valence electrons. The van der Waals surface area contributed by atoms with E-state index in [2.05, 4.69) is 27.5 Å². The first-order valence-corrected chi connectivity index (χ1v) is 6.69. The molecule has 0 bridgehead atoms. The van der Waals surface area contributed by atoms with E-state index in [1.807, 2.05) is 18.7 Å². The molecule has 2 aromatic rings. The van der Waals surface area contributed by atoms with Crippen molar-refractivity contribution in [3.63, 3.8) is 0 Å². The summed E-state index contributed by atoms with van der Waals surface area (Å²) in [4.78, 5) is 4.44. The van der Waals surface area contributed by atoms with Gasteiger partial charge in [-0.3, -0.25) is 4.68 Å². The van der Waals surface area contributed by atoms with Gasteiger partial charge in [0.05, 0.1) is 5.69 Å². The van der Waals surface area contributed by atoms with Gasteiger partial charge in [0.1, 0.15) is 6.54 Å². The summed E-state index contributed by atoms with van der Waals surface area (Å²) in [6.45, 7) is 5.48. The van der Waals surface area contributed by atoms with Crippen molar-refractivity contribution in [3.8, 4) is 0 Å². The normalized spacial score (nSPS) is 15.1. The molecule has 0 amide bonds. The van der Waals surface area contributed by atoms with Crippen molar-refractivity contribution >= 4 is 0 Å². The van der Waals surface area contributed by atoms with E-state index in [4.69, 9.17) is 4.52 Å². The van der Waals surface area contributed by atoms with Crippen molar-refractivity contribution in [2.24, 2.45) is 0 Å². The Morgan fingerprint density at radius 3 is 2.84 bits per heavy atom. The van der Waals surface area contributed by atoms with Crippen LogP contribution in [0.4, 0.5) is 0 Å². The maximum Gasteiger partial charge on any atom is 0.248 e. The van der Waals surface area contributed by atoms with E-state index in [1.165, 1.54) is 18.4 Å². The summed E-state index contributed by atoms with van der Waals surface area (Å²) in [5, 5.41) is 11.7. The van der Waals surface area contributed by atoms with Gasteiger partial charge < -0.3 is 9.84 Å². The Morgan fingerprint density at radius 1 is 1.37 bits per heavy atom.